The molecule has 0 spiro atoms. The van der Waals surface area contributed by atoms with E-state index in [0.717, 1.165) is 23.5 Å². The Hall–Kier alpha value is -0.670. The molecule has 1 N–H and O–H groups in total. The summed E-state index contributed by atoms with van der Waals surface area (Å²) in [4.78, 5) is 1.07. The topological polar surface area (TPSA) is 29.1 Å². The van der Waals surface area contributed by atoms with Crippen LogP contribution >= 0.6 is 0 Å². The van der Waals surface area contributed by atoms with Gasteiger partial charge in [-0.05, 0) is 48.8 Å². The Morgan fingerprint density at radius 2 is 2.05 bits per heavy atom. The van der Waals surface area contributed by atoms with Crippen molar-refractivity contribution in [1.29, 1.82) is 0 Å². The van der Waals surface area contributed by atoms with Crippen LogP contribution in [0, 0.1) is 0 Å². The normalized spacial score (nSPS) is 27.1. The summed E-state index contributed by atoms with van der Waals surface area (Å²) in [6.07, 6.45) is 4.79. The number of benzene rings is 1. The van der Waals surface area contributed by atoms with E-state index >= 15 is 0 Å². The van der Waals surface area contributed by atoms with E-state index in [1.54, 1.807) is 0 Å². The third-order valence-corrected chi connectivity index (χ3v) is 5.68. The highest BCUT2D eigenvalue weighted by Crippen LogP contribution is 2.34. The first kappa shape index (κ1) is 13.3. The second kappa shape index (κ2) is 5.37. The van der Waals surface area contributed by atoms with Crippen LogP contribution < -0.4 is 5.32 Å². The smallest absolute Gasteiger partial charge is 0.0532 e. The van der Waals surface area contributed by atoms with Crippen molar-refractivity contribution in [3.63, 3.8) is 0 Å². The molecule has 2 nitrogen and oxygen atoms in total. The van der Waals surface area contributed by atoms with Crippen LogP contribution in [0.2, 0.25) is 0 Å². The Balaban J connectivity index is 1.98. The number of fused-ring (bicyclic) bond motifs is 1. The van der Waals surface area contributed by atoms with Crippen LogP contribution in [-0.2, 0) is 10.8 Å². The molecule has 1 aromatic rings. The molecule has 3 rings (SSSR count). The third-order valence-electron chi connectivity index (χ3n) is 4.16. The van der Waals surface area contributed by atoms with Crippen molar-refractivity contribution in [2.24, 2.45) is 0 Å². The van der Waals surface area contributed by atoms with Crippen LogP contribution in [0.25, 0.3) is 0 Å². The van der Waals surface area contributed by atoms with Crippen molar-refractivity contribution in [1.82, 2.24) is 5.32 Å². The molecule has 1 heterocycles. The van der Waals surface area contributed by atoms with E-state index in [4.69, 9.17) is 0 Å². The zero-order chi connectivity index (χ0) is 13.4. The van der Waals surface area contributed by atoms with Crippen LogP contribution in [0.3, 0.4) is 0 Å². The summed E-state index contributed by atoms with van der Waals surface area (Å²) in [6, 6.07) is 7.66. The summed E-state index contributed by atoms with van der Waals surface area (Å²) in [6.45, 7) is 4.44. The van der Waals surface area contributed by atoms with Crippen molar-refractivity contribution < 1.29 is 4.21 Å². The van der Waals surface area contributed by atoms with E-state index in [1.807, 2.05) is 0 Å². The maximum atomic E-state index is 12.3. The summed E-state index contributed by atoms with van der Waals surface area (Å²) in [5, 5.41) is 3.74. The van der Waals surface area contributed by atoms with Gasteiger partial charge in [0.15, 0.2) is 0 Å². The van der Waals surface area contributed by atoms with Crippen LogP contribution in [0.5, 0.6) is 0 Å². The fourth-order valence-corrected chi connectivity index (χ4v) is 4.13. The molecule has 2 unspecified atom stereocenters. The van der Waals surface area contributed by atoms with Gasteiger partial charge in [-0.2, -0.15) is 0 Å². The highest BCUT2D eigenvalue weighted by molar-refractivity contribution is 7.85. The van der Waals surface area contributed by atoms with Gasteiger partial charge in [-0.1, -0.05) is 26.0 Å². The monoisotopic (exact) mass is 277 g/mol. The maximum Gasteiger partial charge on any atom is 0.0532 e. The van der Waals surface area contributed by atoms with Crippen molar-refractivity contribution in [2.75, 3.05) is 5.75 Å². The Morgan fingerprint density at radius 3 is 2.74 bits per heavy atom. The molecular weight excluding hydrogens is 254 g/mol. The number of hydrogen-bond acceptors (Lipinski definition) is 2. The lowest BCUT2D eigenvalue weighted by molar-refractivity contribution is 0.490. The van der Waals surface area contributed by atoms with Crippen LogP contribution in [0.15, 0.2) is 23.1 Å². The summed E-state index contributed by atoms with van der Waals surface area (Å²) in [7, 11) is -0.809. The van der Waals surface area contributed by atoms with Gasteiger partial charge in [0, 0.05) is 22.7 Å². The van der Waals surface area contributed by atoms with Gasteiger partial charge in [0.25, 0.3) is 0 Å². The Labute approximate surface area is 118 Å². The zero-order valence-corrected chi connectivity index (χ0v) is 12.6. The second-order valence-electron chi connectivity index (χ2n) is 6.14. The van der Waals surface area contributed by atoms with E-state index in [-0.39, 0.29) is 0 Å². The highest BCUT2D eigenvalue weighted by Gasteiger charge is 2.29. The van der Waals surface area contributed by atoms with E-state index < -0.39 is 10.8 Å². The van der Waals surface area contributed by atoms with Crippen LogP contribution in [0.4, 0.5) is 0 Å². The van der Waals surface area contributed by atoms with Gasteiger partial charge in [0.2, 0.25) is 0 Å². The third kappa shape index (κ3) is 2.92. The Morgan fingerprint density at radius 1 is 1.26 bits per heavy atom. The first-order valence-corrected chi connectivity index (χ1v) is 8.75. The molecule has 1 aliphatic heterocycles. The number of nitrogens with one attached hydrogen (secondary N) is 1. The first-order valence-electron chi connectivity index (χ1n) is 7.43. The summed E-state index contributed by atoms with van der Waals surface area (Å²) in [5.41, 5.74) is 2.66. The molecule has 0 saturated heterocycles. The average Bonchev–Trinajstić information content (AvgIpc) is 3.20. The van der Waals surface area contributed by atoms with Crippen molar-refractivity contribution in [3.8, 4) is 0 Å². The SMILES string of the molecule is CC(C)c1ccc2c(c1)C(NC1CC1)CCCS2=O. The van der Waals surface area contributed by atoms with E-state index in [0.29, 0.717) is 18.0 Å². The number of rotatable bonds is 3. The van der Waals surface area contributed by atoms with Gasteiger partial charge in [0.05, 0.1) is 10.8 Å². The van der Waals surface area contributed by atoms with Gasteiger partial charge in [-0.25, -0.2) is 0 Å². The molecule has 0 radical (unpaired) electrons. The second-order valence-corrected chi connectivity index (χ2v) is 7.68. The predicted molar refractivity (Wildman–Crippen MR) is 79.9 cm³/mol. The Bertz CT molecular complexity index is 494. The van der Waals surface area contributed by atoms with Crippen LogP contribution in [0.1, 0.15) is 62.6 Å². The van der Waals surface area contributed by atoms with Crippen molar-refractivity contribution >= 4 is 10.8 Å². The molecule has 3 heteroatoms. The predicted octanol–water partition coefficient (Wildman–Crippen LogP) is 3.50. The van der Waals surface area contributed by atoms with Gasteiger partial charge < -0.3 is 5.32 Å². The fourth-order valence-electron chi connectivity index (χ4n) is 2.80. The average molecular weight is 277 g/mol. The molecular formula is C16H23NOS. The van der Waals surface area contributed by atoms with E-state index in [2.05, 4.69) is 37.4 Å². The molecule has 1 aromatic carbocycles. The molecule has 2 atom stereocenters. The summed E-state index contributed by atoms with van der Waals surface area (Å²) in [5.74, 6) is 1.35. The quantitative estimate of drug-likeness (QED) is 0.916. The van der Waals surface area contributed by atoms with Crippen LogP contribution in [-0.4, -0.2) is 16.0 Å². The van der Waals surface area contributed by atoms with Gasteiger partial charge in [-0.15, -0.1) is 0 Å². The lowest BCUT2D eigenvalue weighted by atomic mass is 9.95. The van der Waals surface area contributed by atoms with Gasteiger partial charge in [-0.3, -0.25) is 4.21 Å². The Kier molecular flexibility index (Phi) is 3.77. The lowest BCUT2D eigenvalue weighted by Gasteiger charge is -2.20. The molecule has 19 heavy (non-hydrogen) atoms. The van der Waals surface area contributed by atoms with Gasteiger partial charge in [0.1, 0.15) is 0 Å². The lowest BCUT2D eigenvalue weighted by Crippen LogP contribution is -2.23. The molecule has 1 saturated carbocycles. The minimum Gasteiger partial charge on any atom is -0.307 e. The van der Waals surface area contributed by atoms with Gasteiger partial charge >= 0.3 is 0 Å². The minimum atomic E-state index is -0.809. The van der Waals surface area contributed by atoms with Crippen molar-refractivity contribution in [2.45, 2.75) is 62.4 Å². The fraction of sp³-hybridized carbons (Fsp3) is 0.625. The molecule has 0 aromatic heterocycles. The summed E-state index contributed by atoms with van der Waals surface area (Å²) >= 11 is 0. The highest BCUT2D eigenvalue weighted by atomic mass is 32.2. The maximum absolute atomic E-state index is 12.3. The largest absolute Gasteiger partial charge is 0.307 e. The zero-order valence-electron chi connectivity index (χ0n) is 11.8. The molecule has 0 amide bonds. The molecule has 0 bridgehead atoms. The molecule has 104 valence electrons. The van der Waals surface area contributed by atoms with E-state index in [1.165, 1.54) is 24.0 Å². The van der Waals surface area contributed by atoms with Crippen molar-refractivity contribution in [3.05, 3.63) is 29.3 Å². The first-order chi connectivity index (χ1) is 9.15. The minimum absolute atomic E-state index is 0.410. The molecule has 2 aliphatic rings. The van der Waals surface area contributed by atoms with E-state index in [9.17, 15) is 4.21 Å². The summed E-state index contributed by atoms with van der Waals surface area (Å²) < 4.78 is 12.3. The standard InChI is InChI=1S/C16H23NOS/c1-11(2)12-5-8-16-14(10-12)15(17-13-6-7-13)4-3-9-19(16)18/h5,8,10-11,13,15,17H,3-4,6-7,9H2,1-2H3. The molecule has 1 aliphatic carbocycles. The molecule has 1 fully saturated rings. The number of hydrogen-bond donors (Lipinski definition) is 1.